The van der Waals surface area contributed by atoms with Crippen LogP contribution in [0.5, 0.6) is 0 Å². The summed E-state index contributed by atoms with van der Waals surface area (Å²) in [5.74, 6) is -0.168. The summed E-state index contributed by atoms with van der Waals surface area (Å²) in [5, 5.41) is 9.34. The Hall–Kier alpha value is -0.570. The summed E-state index contributed by atoms with van der Waals surface area (Å²) in [4.78, 5) is 11.4. The molecule has 0 fully saturated rings. The van der Waals surface area contributed by atoms with Crippen molar-refractivity contribution in [1.82, 2.24) is 0 Å². The largest absolute Gasteiger partial charge is 0.462 e. The van der Waals surface area contributed by atoms with Crippen molar-refractivity contribution in [1.29, 1.82) is 0 Å². The Labute approximate surface area is 92.8 Å². The SMILES string of the molecule is CCCC(=O)O[C@H](C[C@H](C)O)C(C)(C)C. The van der Waals surface area contributed by atoms with Gasteiger partial charge in [0.05, 0.1) is 6.10 Å². The van der Waals surface area contributed by atoms with Gasteiger partial charge in [0, 0.05) is 12.8 Å². The second-order valence-corrected chi connectivity index (χ2v) is 5.18. The van der Waals surface area contributed by atoms with Crippen LogP contribution in [0.3, 0.4) is 0 Å². The second kappa shape index (κ2) is 6.11. The quantitative estimate of drug-likeness (QED) is 0.718. The molecule has 0 aromatic heterocycles. The molecule has 0 heterocycles. The average molecular weight is 216 g/mol. The van der Waals surface area contributed by atoms with Gasteiger partial charge in [0.15, 0.2) is 0 Å². The van der Waals surface area contributed by atoms with E-state index in [0.717, 1.165) is 6.42 Å². The highest BCUT2D eigenvalue weighted by atomic mass is 16.5. The lowest BCUT2D eigenvalue weighted by atomic mass is 9.86. The lowest BCUT2D eigenvalue weighted by molar-refractivity contribution is -0.156. The zero-order valence-electron chi connectivity index (χ0n) is 10.5. The van der Waals surface area contributed by atoms with Crippen molar-refractivity contribution in [3.8, 4) is 0 Å². The van der Waals surface area contributed by atoms with Gasteiger partial charge in [0.1, 0.15) is 6.10 Å². The van der Waals surface area contributed by atoms with E-state index in [1.54, 1.807) is 6.92 Å². The van der Waals surface area contributed by atoms with Crippen LogP contribution in [-0.4, -0.2) is 23.3 Å². The van der Waals surface area contributed by atoms with Gasteiger partial charge >= 0.3 is 5.97 Å². The molecule has 3 nitrogen and oxygen atoms in total. The Morgan fingerprint density at radius 1 is 1.40 bits per heavy atom. The lowest BCUT2D eigenvalue weighted by Crippen LogP contribution is -2.34. The first-order chi connectivity index (χ1) is 6.77. The molecule has 15 heavy (non-hydrogen) atoms. The van der Waals surface area contributed by atoms with Crippen molar-refractivity contribution in [2.75, 3.05) is 0 Å². The minimum Gasteiger partial charge on any atom is -0.462 e. The fraction of sp³-hybridized carbons (Fsp3) is 0.917. The minimum absolute atomic E-state index is 0.125. The van der Waals surface area contributed by atoms with E-state index >= 15 is 0 Å². The maximum absolute atomic E-state index is 11.4. The molecular weight excluding hydrogens is 192 g/mol. The summed E-state index contributed by atoms with van der Waals surface area (Å²) in [5.41, 5.74) is -0.125. The molecule has 0 amide bonds. The first-order valence-corrected chi connectivity index (χ1v) is 5.65. The van der Waals surface area contributed by atoms with Gasteiger partial charge in [-0.2, -0.15) is 0 Å². The number of aliphatic hydroxyl groups excluding tert-OH is 1. The molecule has 0 aliphatic heterocycles. The van der Waals surface area contributed by atoms with E-state index in [2.05, 4.69) is 0 Å². The molecule has 0 aliphatic rings. The molecule has 0 rings (SSSR count). The summed E-state index contributed by atoms with van der Waals surface area (Å²) in [6.07, 6.45) is 1.09. The van der Waals surface area contributed by atoms with Crippen molar-refractivity contribution in [2.24, 2.45) is 5.41 Å². The predicted molar refractivity (Wildman–Crippen MR) is 60.5 cm³/mol. The minimum atomic E-state index is -0.441. The monoisotopic (exact) mass is 216 g/mol. The first kappa shape index (κ1) is 14.4. The highest BCUT2D eigenvalue weighted by Gasteiger charge is 2.29. The molecule has 3 heteroatoms. The molecule has 0 bridgehead atoms. The summed E-state index contributed by atoms with van der Waals surface area (Å²) >= 11 is 0. The highest BCUT2D eigenvalue weighted by Crippen LogP contribution is 2.26. The van der Waals surface area contributed by atoms with Gasteiger partial charge in [-0.25, -0.2) is 0 Å². The molecule has 0 aromatic rings. The normalized spacial score (nSPS) is 15.9. The first-order valence-electron chi connectivity index (χ1n) is 5.65. The average Bonchev–Trinajstić information content (AvgIpc) is 2.00. The van der Waals surface area contributed by atoms with Crippen LogP contribution in [0.25, 0.3) is 0 Å². The molecule has 0 radical (unpaired) electrons. The molecule has 0 spiro atoms. The third-order valence-electron chi connectivity index (χ3n) is 2.25. The number of hydrogen-bond donors (Lipinski definition) is 1. The van der Waals surface area contributed by atoms with Crippen LogP contribution in [-0.2, 0) is 9.53 Å². The van der Waals surface area contributed by atoms with Crippen LogP contribution in [0, 0.1) is 5.41 Å². The van der Waals surface area contributed by atoms with E-state index in [-0.39, 0.29) is 17.5 Å². The van der Waals surface area contributed by atoms with Gasteiger partial charge < -0.3 is 9.84 Å². The van der Waals surface area contributed by atoms with Crippen LogP contribution in [0.4, 0.5) is 0 Å². The molecule has 0 aliphatic carbocycles. The van der Waals surface area contributed by atoms with E-state index in [0.29, 0.717) is 12.8 Å². The molecular formula is C12H24O3. The Bertz CT molecular complexity index is 192. The Morgan fingerprint density at radius 2 is 1.93 bits per heavy atom. The molecule has 0 unspecified atom stereocenters. The van der Waals surface area contributed by atoms with Crippen LogP contribution >= 0.6 is 0 Å². The zero-order valence-corrected chi connectivity index (χ0v) is 10.5. The third-order valence-corrected chi connectivity index (χ3v) is 2.25. The van der Waals surface area contributed by atoms with E-state index in [1.165, 1.54) is 0 Å². The third kappa shape index (κ3) is 6.50. The van der Waals surface area contributed by atoms with Gasteiger partial charge in [-0.05, 0) is 18.8 Å². The molecule has 2 atom stereocenters. The topological polar surface area (TPSA) is 46.5 Å². The van der Waals surface area contributed by atoms with Crippen molar-refractivity contribution in [3.63, 3.8) is 0 Å². The second-order valence-electron chi connectivity index (χ2n) is 5.18. The molecule has 1 N–H and O–H groups in total. The predicted octanol–water partition coefficient (Wildman–Crippen LogP) is 2.52. The van der Waals surface area contributed by atoms with Gasteiger partial charge in [-0.3, -0.25) is 4.79 Å². The molecule has 0 aromatic carbocycles. The number of rotatable bonds is 5. The number of hydrogen-bond acceptors (Lipinski definition) is 3. The summed E-state index contributed by atoms with van der Waals surface area (Å²) in [6, 6.07) is 0. The van der Waals surface area contributed by atoms with E-state index in [1.807, 2.05) is 27.7 Å². The van der Waals surface area contributed by atoms with Gasteiger partial charge in [0.2, 0.25) is 0 Å². The highest BCUT2D eigenvalue weighted by molar-refractivity contribution is 5.69. The lowest BCUT2D eigenvalue weighted by Gasteiger charge is -2.31. The van der Waals surface area contributed by atoms with Gasteiger partial charge in [-0.1, -0.05) is 27.7 Å². The molecule has 0 saturated carbocycles. The van der Waals surface area contributed by atoms with Crippen molar-refractivity contribution in [3.05, 3.63) is 0 Å². The van der Waals surface area contributed by atoms with E-state index < -0.39 is 6.10 Å². The Kier molecular flexibility index (Phi) is 5.88. The molecule has 90 valence electrons. The van der Waals surface area contributed by atoms with Crippen molar-refractivity contribution >= 4 is 5.97 Å². The molecule has 0 saturated heterocycles. The van der Waals surface area contributed by atoms with E-state index in [4.69, 9.17) is 4.74 Å². The summed E-state index contributed by atoms with van der Waals surface area (Å²) in [6.45, 7) is 9.70. The van der Waals surface area contributed by atoms with Gasteiger partial charge in [-0.15, -0.1) is 0 Å². The number of esters is 1. The maximum atomic E-state index is 11.4. The summed E-state index contributed by atoms with van der Waals surface area (Å²) in [7, 11) is 0. The van der Waals surface area contributed by atoms with Crippen LogP contribution in [0.15, 0.2) is 0 Å². The number of ether oxygens (including phenoxy) is 1. The standard InChI is InChI=1S/C12H24O3/c1-6-7-11(14)15-10(8-9(2)13)12(3,4)5/h9-10,13H,6-8H2,1-5H3/t9-,10+/m0/s1. The number of carbonyl (C=O) groups excluding carboxylic acids is 1. The zero-order chi connectivity index (χ0) is 12.1. The maximum Gasteiger partial charge on any atom is 0.306 e. The van der Waals surface area contributed by atoms with Gasteiger partial charge in [0.25, 0.3) is 0 Å². The Balaban J connectivity index is 4.32. The van der Waals surface area contributed by atoms with Crippen molar-refractivity contribution in [2.45, 2.75) is 66.1 Å². The smallest absolute Gasteiger partial charge is 0.306 e. The van der Waals surface area contributed by atoms with Crippen LogP contribution < -0.4 is 0 Å². The van der Waals surface area contributed by atoms with Crippen LogP contribution in [0.1, 0.15) is 53.9 Å². The number of carbonyl (C=O) groups is 1. The Morgan fingerprint density at radius 3 is 2.27 bits per heavy atom. The van der Waals surface area contributed by atoms with Crippen LogP contribution in [0.2, 0.25) is 0 Å². The number of aliphatic hydroxyl groups is 1. The fourth-order valence-electron chi connectivity index (χ4n) is 1.31. The summed E-state index contributed by atoms with van der Waals surface area (Å²) < 4.78 is 5.37. The van der Waals surface area contributed by atoms with Crippen molar-refractivity contribution < 1.29 is 14.6 Å². The van der Waals surface area contributed by atoms with E-state index in [9.17, 15) is 9.90 Å². The fourth-order valence-corrected chi connectivity index (χ4v) is 1.31.